The van der Waals surface area contributed by atoms with Crippen molar-refractivity contribution in [1.82, 2.24) is 4.90 Å². The standard InChI is InChI=1S/C21H26N2O/c1-16(22)19-13-8-14-23(15-19)21(24)20(17-9-4-2-5-10-17)18-11-6-3-7-12-18/h2-7,9-12,16,19-20H,8,13-15,22H2,1H3. The number of likely N-dealkylation sites (tertiary alicyclic amines) is 1. The van der Waals surface area contributed by atoms with Gasteiger partial charge in [-0.1, -0.05) is 60.7 Å². The summed E-state index contributed by atoms with van der Waals surface area (Å²) in [5.41, 5.74) is 8.19. The molecule has 0 bridgehead atoms. The molecular formula is C21H26N2O. The van der Waals surface area contributed by atoms with Crippen molar-refractivity contribution < 1.29 is 4.79 Å². The summed E-state index contributed by atoms with van der Waals surface area (Å²) in [6, 6.07) is 20.3. The number of carbonyl (C=O) groups is 1. The van der Waals surface area contributed by atoms with Gasteiger partial charge in [0.05, 0.1) is 5.92 Å². The Kier molecular flexibility index (Phi) is 5.31. The molecule has 0 aliphatic carbocycles. The van der Waals surface area contributed by atoms with Gasteiger partial charge in [0.2, 0.25) is 5.91 Å². The minimum absolute atomic E-state index is 0.132. The number of carbonyl (C=O) groups excluding carboxylic acids is 1. The Labute approximate surface area is 144 Å². The predicted octanol–water partition coefficient (Wildman–Crippen LogP) is 3.40. The lowest BCUT2D eigenvalue weighted by molar-refractivity contribution is -0.133. The lowest BCUT2D eigenvalue weighted by Crippen LogP contribution is -2.46. The van der Waals surface area contributed by atoms with Gasteiger partial charge in [-0.25, -0.2) is 0 Å². The molecule has 2 N–H and O–H groups in total. The first-order valence-electron chi connectivity index (χ1n) is 8.81. The molecule has 1 heterocycles. The minimum Gasteiger partial charge on any atom is -0.342 e. The van der Waals surface area contributed by atoms with Crippen LogP contribution in [0.3, 0.4) is 0 Å². The maximum absolute atomic E-state index is 13.4. The number of nitrogens with two attached hydrogens (primary N) is 1. The van der Waals surface area contributed by atoms with E-state index in [2.05, 4.69) is 0 Å². The summed E-state index contributed by atoms with van der Waals surface area (Å²) < 4.78 is 0. The van der Waals surface area contributed by atoms with E-state index in [9.17, 15) is 4.79 Å². The fraction of sp³-hybridized carbons (Fsp3) is 0.381. The summed E-state index contributed by atoms with van der Waals surface area (Å²) >= 11 is 0. The summed E-state index contributed by atoms with van der Waals surface area (Å²) in [4.78, 5) is 15.4. The summed E-state index contributed by atoms with van der Waals surface area (Å²) in [5, 5.41) is 0. The molecule has 0 aromatic heterocycles. The zero-order chi connectivity index (χ0) is 16.9. The third-order valence-electron chi connectivity index (χ3n) is 5.03. The van der Waals surface area contributed by atoms with Gasteiger partial charge in [0, 0.05) is 19.1 Å². The predicted molar refractivity (Wildman–Crippen MR) is 97.7 cm³/mol. The van der Waals surface area contributed by atoms with E-state index >= 15 is 0 Å². The van der Waals surface area contributed by atoms with Gasteiger partial charge >= 0.3 is 0 Å². The maximum atomic E-state index is 13.4. The van der Waals surface area contributed by atoms with Gasteiger partial charge in [0.1, 0.15) is 0 Å². The van der Waals surface area contributed by atoms with Crippen molar-refractivity contribution in [3.8, 4) is 0 Å². The first-order chi connectivity index (χ1) is 11.7. The van der Waals surface area contributed by atoms with Gasteiger partial charge in [0.15, 0.2) is 0 Å². The summed E-state index contributed by atoms with van der Waals surface area (Å²) in [6.45, 7) is 3.65. The molecule has 1 aliphatic rings. The summed E-state index contributed by atoms with van der Waals surface area (Å²) in [7, 11) is 0. The highest BCUT2D eigenvalue weighted by Gasteiger charge is 2.31. The zero-order valence-electron chi connectivity index (χ0n) is 14.3. The topological polar surface area (TPSA) is 46.3 Å². The molecule has 24 heavy (non-hydrogen) atoms. The molecule has 1 amide bonds. The lowest BCUT2D eigenvalue weighted by atomic mass is 9.87. The Morgan fingerprint density at radius 3 is 2.08 bits per heavy atom. The third-order valence-corrected chi connectivity index (χ3v) is 5.03. The van der Waals surface area contributed by atoms with Crippen molar-refractivity contribution in [2.75, 3.05) is 13.1 Å². The van der Waals surface area contributed by atoms with Crippen LogP contribution in [-0.4, -0.2) is 29.9 Å². The Bertz CT molecular complexity index is 615. The van der Waals surface area contributed by atoms with E-state index in [0.29, 0.717) is 5.92 Å². The average molecular weight is 322 g/mol. The third kappa shape index (κ3) is 3.68. The SMILES string of the molecule is CC(N)C1CCCN(C(=O)C(c2ccccc2)c2ccccc2)C1. The lowest BCUT2D eigenvalue weighted by Gasteiger charge is -2.36. The molecule has 1 aliphatic heterocycles. The molecule has 3 rings (SSSR count). The van der Waals surface area contributed by atoms with Crippen LogP contribution in [0.2, 0.25) is 0 Å². The number of hydrogen-bond acceptors (Lipinski definition) is 2. The van der Waals surface area contributed by atoms with Crippen LogP contribution >= 0.6 is 0 Å². The molecule has 0 saturated carbocycles. The average Bonchev–Trinajstić information content (AvgIpc) is 2.64. The van der Waals surface area contributed by atoms with Crippen LogP contribution in [0, 0.1) is 5.92 Å². The van der Waals surface area contributed by atoms with Crippen molar-refractivity contribution in [2.24, 2.45) is 11.7 Å². The molecule has 3 nitrogen and oxygen atoms in total. The molecule has 2 unspecified atom stereocenters. The normalized spacial score (nSPS) is 19.3. The van der Waals surface area contributed by atoms with Gasteiger partial charge in [-0.05, 0) is 36.8 Å². The number of hydrogen-bond donors (Lipinski definition) is 1. The van der Waals surface area contributed by atoms with E-state index in [4.69, 9.17) is 5.73 Å². The largest absolute Gasteiger partial charge is 0.342 e. The van der Waals surface area contributed by atoms with E-state index in [1.807, 2.05) is 72.5 Å². The number of rotatable bonds is 4. The number of benzene rings is 2. The number of piperidine rings is 1. The first-order valence-corrected chi connectivity index (χ1v) is 8.81. The van der Waals surface area contributed by atoms with E-state index in [1.54, 1.807) is 0 Å². The van der Waals surface area contributed by atoms with E-state index < -0.39 is 0 Å². The monoisotopic (exact) mass is 322 g/mol. The van der Waals surface area contributed by atoms with Crippen LogP contribution < -0.4 is 5.73 Å². The van der Waals surface area contributed by atoms with Gasteiger partial charge in [-0.2, -0.15) is 0 Å². The van der Waals surface area contributed by atoms with Crippen molar-refractivity contribution in [3.63, 3.8) is 0 Å². The van der Waals surface area contributed by atoms with Crippen LogP contribution in [0.1, 0.15) is 36.8 Å². The quantitative estimate of drug-likeness (QED) is 0.937. The van der Waals surface area contributed by atoms with Crippen LogP contribution in [-0.2, 0) is 4.79 Å². The van der Waals surface area contributed by atoms with Crippen LogP contribution in [0.25, 0.3) is 0 Å². The van der Waals surface area contributed by atoms with Gasteiger partial charge in [0.25, 0.3) is 0 Å². The second kappa shape index (κ2) is 7.63. The fourth-order valence-electron chi connectivity index (χ4n) is 3.59. The molecule has 1 fully saturated rings. The van der Waals surface area contributed by atoms with Crippen LogP contribution in [0.15, 0.2) is 60.7 Å². The van der Waals surface area contributed by atoms with Crippen molar-refractivity contribution >= 4 is 5.91 Å². The molecule has 2 aromatic carbocycles. The van der Waals surface area contributed by atoms with Crippen LogP contribution in [0.4, 0.5) is 0 Å². The fourth-order valence-corrected chi connectivity index (χ4v) is 3.59. The molecule has 2 aromatic rings. The highest BCUT2D eigenvalue weighted by Crippen LogP contribution is 2.29. The smallest absolute Gasteiger partial charge is 0.234 e. The van der Waals surface area contributed by atoms with Crippen molar-refractivity contribution in [1.29, 1.82) is 0 Å². The van der Waals surface area contributed by atoms with E-state index in [-0.39, 0.29) is 17.9 Å². The number of nitrogens with zero attached hydrogens (tertiary/aromatic N) is 1. The van der Waals surface area contributed by atoms with E-state index in [0.717, 1.165) is 37.1 Å². The molecule has 0 radical (unpaired) electrons. The number of amides is 1. The van der Waals surface area contributed by atoms with Gasteiger partial charge in [-0.3, -0.25) is 4.79 Å². The van der Waals surface area contributed by atoms with Crippen molar-refractivity contribution in [2.45, 2.75) is 31.7 Å². The highest BCUT2D eigenvalue weighted by atomic mass is 16.2. The Balaban J connectivity index is 1.90. The highest BCUT2D eigenvalue weighted by molar-refractivity contribution is 5.87. The van der Waals surface area contributed by atoms with E-state index in [1.165, 1.54) is 0 Å². The molecule has 0 spiro atoms. The Morgan fingerprint density at radius 1 is 1.04 bits per heavy atom. The van der Waals surface area contributed by atoms with Crippen LogP contribution in [0.5, 0.6) is 0 Å². The molecule has 2 atom stereocenters. The molecule has 1 saturated heterocycles. The van der Waals surface area contributed by atoms with Crippen molar-refractivity contribution in [3.05, 3.63) is 71.8 Å². The molecule has 3 heteroatoms. The van der Waals surface area contributed by atoms with Gasteiger partial charge < -0.3 is 10.6 Å². The second-order valence-corrected chi connectivity index (χ2v) is 6.80. The summed E-state index contributed by atoms with van der Waals surface area (Å²) in [5.74, 6) is 0.354. The molecule has 126 valence electrons. The zero-order valence-corrected chi connectivity index (χ0v) is 14.3. The Morgan fingerprint density at radius 2 is 1.58 bits per heavy atom. The maximum Gasteiger partial charge on any atom is 0.234 e. The molecular weight excluding hydrogens is 296 g/mol. The summed E-state index contributed by atoms with van der Waals surface area (Å²) in [6.07, 6.45) is 2.15. The van der Waals surface area contributed by atoms with Gasteiger partial charge in [-0.15, -0.1) is 0 Å². The Hall–Kier alpha value is -2.13. The second-order valence-electron chi connectivity index (χ2n) is 6.80. The first kappa shape index (κ1) is 16.7. The minimum atomic E-state index is -0.237.